The minimum atomic E-state index is 0.231. The molecule has 1 unspecified atom stereocenters. The fourth-order valence-electron chi connectivity index (χ4n) is 2.01. The minimum absolute atomic E-state index is 0.231. The van der Waals surface area contributed by atoms with E-state index in [1.54, 1.807) is 7.11 Å². The van der Waals surface area contributed by atoms with Crippen molar-refractivity contribution in [3.8, 4) is 17.6 Å². The molecule has 0 aliphatic heterocycles. The van der Waals surface area contributed by atoms with Crippen molar-refractivity contribution in [1.82, 2.24) is 5.32 Å². The Morgan fingerprint density at radius 3 is 2.84 bits per heavy atom. The summed E-state index contributed by atoms with van der Waals surface area (Å²) in [5, 5.41) is 4.28. The quantitative estimate of drug-likeness (QED) is 0.756. The molecule has 0 aliphatic rings. The first-order valence-corrected chi connectivity index (χ1v) is 7.07. The Morgan fingerprint density at radius 1 is 1.42 bits per heavy atom. The van der Waals surface area contributed by atoms with Crippen molar-refractivity contribution in [2.24, 2.45) is 0 Å². The van der Waals surface area contributed by atoms with Crippen molar-refractivity contribution in [3.05, 3.63) is 28.8 Å². The molecule has 0 aliphatic carbocycles. The number of nitrogens with one attached hydrogen (secondary N) is 1. The van der Waals surface area contributed by atoms with Crippen molar-refractivity contribution >= 4 is 11.6 Å². The van der Waals surface area contributed by atoms with Crippen LogP contribution in [0.3, 0.4) is 0 Å². The maximum atomic E-state index is 6.10. The first-order valence-electron chi connectivity index (χ1n) is 6.69. The molecule has 0 radical (unpaired) electrons. The average molecular weight is 280 g/mol. The lowest BCUT2D eigenvalue weighted by molar-refractivity contribution is 0.395. The lowest BCUT2D eigenvalue weighted by Crippen LogP contribution is -2.22. The van der Waals surface area contributed by atoms with Gasteiger partial charge in [-0.15, -0.1) is 11.8 Å². The third-order valence-electron chi connectivity index (χ3n) is 2.94. The van der Waals surface area contributed by atoms with Crippen LogP contribution in [-0.2, 0) is 0 Å². The Morgan fingerprint density at radius 2 is 2.21 bits per heavy atom. The van der Waals surface area contributed by atoms with Crippen LogP contribution in [0, 0.1) is 11.8 Å². The molecule has 0 saturated carbocycles. The summed E-state index contributed by atoms with van der Waals surface area (Å²) in [4.78, 5) is 0. The zero-order chi connectivity index (χ0) is 14.1. The molecular weight excluding hydrogens is 258 g/mol. The average Bonchev–Trinajstić information content (AvgIpc) is 2.42. The summed E-state index contributed by atoms with van der Waals surface area (Å²) in [6, 6.07) is 5.98. The molecule has 0 saturated heterocycles. The van der Waals surface area contributed by atoms with Gasteiger partial charge >= 0.3 is 0 Å². The number of ether oxygens (including phenoxy) is 1. The highest BCUT2D eigenvalue weighted by atomic mass is 35.5. The summed E-state index contributed by atoms with van der Waals surface area (Å²) in [5.74, 6) is 6.93. The highest BCUT2D eigenvalue weighted by Crippen LogP contribution is 2.30. The van der Waals surface area contributed by atoms with Crippen LogP contribution >= 0.6 is 11.6 Å². The van der Waals surface area contributed by atoms with Crippen LogP contribution in [0.5, 0.6) is 5.75 Å². The monoisotopic (exact) mass is 279 g/mol. The van der Waals surface area contributed by atoms with Crippen molar-refractivity contribution in [1.29, 1.82) is 0 Å². The van der Waals surface area contributed by atoms with Gasteiger partial charge in [-0.25, -0.2) is 0 Å². The van der Waals surface area contributed by atoms with Crippen LogP contribution in [-0.4, -0.2) is 13.7 Å². The van der Waals surface area contributed by atoms with Gasteiger partial charge < -0.3 is 10.1 Å². The molecule has 1 aromatic carbocycles. The van der Waals surface area contributed by atoms with Gasteiger partial charge in [0.05, 0.1) is 7.11 Å². The van der Waals surface area contributed by atoms with E-state index >= 15 is 0 Å². The van der Waals surface area contributed by atoms with Crippen LogP contribution in [0.4, 0.5) is 0 Å². The third-order valence-corrected chi connectivity index (χ3v) is 3.18. The molecule has 19 heavy (non-hydrogen) atoms. The molecule has 0 aromatic heterocycles. The number of hydrogen-bond acceptors (Lipinski definition) is 2. The van der Waals surface area contributed by atoms with Gasteiger partial charge in [0.15, 0.2) is 0 Å². The van der Waals surface area contributed by atoms with Gasteiger partial charge in [-0.2, -0.15) is 0 Å². The number of benzene rings is 1. The topological polar surface area (TPSA) is 21.3 Å². The first-order chi connectivity index (χ1) is 9.22. The maximum Gasteiger partial charge on any atom is 0.123 e. The Bertz CT molecular complexity index is 448. The van der Waals surface area contributed by atoms with Crippen LogP contribution in [0.15, 0.2) is 18.2 Å². The lowest BCUT2D eigenvalue weighted by Gasteiger charge is -2.20. The standard InChI is InChI=1S/C16H22ClNO/c1-4-6-7-8-15(18-11-5-2)14-12-13(17)9-10-16(14)19-3/h9-10,12,15,18H,5,7-8,11H2,1-3H3. The fraction of sp³-hybridized carbons (Fsp3) is 0.500. The van der Waals surface area contributed by atoms with Crippen molar-refractivity contribution in [2.45, 2.75) is 39.2 Å². The summed E-state index contributed by atoms with van der Waals surface area (Å²) < 4.78 is 5.43. The van der Waals surface area contributed by atoms with Gasteiger partial charge in [0.25, 0.3) is 0 Å². The smallest absolute Gasteiger partial charge is 0.123 e. The number of rotatable bonds is 7. The molecule has 0 amide bonds. The summed E-state index contributed by atoms with van der Waals surface area (Å²) in [6.07, 6.45) is 2.92. The van der Waals surface area contributed by atoms with E-state index in [1.165, 1.54) is 0 Å². The van der Waals surface area contributed by atoms with E-state index in [2.05, 4.69) is 24.1 Å². The molecule has 1 atom stereocenters. The fourth-order valence-corrected chi connectivity index (χ4v) is 2.19. The highest BCUT2D eigenvalue weighted by molar-refractivity contribution is 6.30. The SMILES string of the molecule is CC#CCCC(NCCC)c1cc(Cl)ccc1OC. The predicted molar refractivity (Wildman–Crippen MR) is 81.7 cm³/mol. The number of halogens is 1. The van der Waals surface area contributed by atoms with E-state index in [-0.39, 0.29) is 6.04 Å². The van der Waals surface area contributed by atoms with Gasteiger partial charge in [0.1, 0.15) is 5.75 Å². The molecule has 0 bridgehead atoms. The van der Waals surface area contributed by atoms with Crippen molar-refractivity contribution in [3.63, 3.8) is 0 Å². The minimum Gasteiger partial charge on any atom is -0.496 e. The van der Waals surface area contributed by atoms with E-state index in [0.717, 1.165) is 42.1 Å². The molecular formula is C16H22ClNO. The molecule has 0 heterocycles. The van der Waals surface area contributed by atoms with Crippen LogP contribution in [0.2, 0.25) is 5.02 Å². The molecule has 2 nitrogen and oxygen atoms in total. The first kappa shape index (κ1) is 15.9. The molecule has 1 N–H and O–H groups in total. The maximum absolute atomic E-state index is 6.10. The van der Waals surface area contributed by atoms with Crippen molar-refractivity contribution < 1.29 is 4.74 Å². The molecule has 1 rings (SSSR count). The van der Waals surface area contributed by atoms with Crippen LogP contribution in [0.1, 0.15) is 44.7 Å². The summed E-state index contributed by atoms with van der Waals surface area (Å²) in [5.41, 5.74) is 1.11. The zero-order valence-corrected chi connectivity index (χ0v) is 12.7. The van der Waals surface area contributed by atoms with E-state index in [9.17, 15) is 0 Å². The number of hydrogen-bond donors (Lipinski definition) is 1. The van der Waals surface area contributed by atoms with Gasteiger partial charge in [-0.1, -0.05) is 18.5 Å². The third kappa shape index (κ3) is 5.14. The Balaban J connectivity index is 2.92. The predicted octanol–water partition coefficient (Wildman–Crippen LogP) is 4.19. The largest absolute Gasteiger partial charge is 0.496 e. The van der Waals surface area contributed by atoms with Gasteiger partial charge in [-0.05, 0) is 44.5 Å². The molecule has 104 valence electrons. The molecule has 3 heteroatoms. The summed E-state index contributed by atoms with van der Waals surface area (Å²) >= 11 is 6.10. The van der Waals surface area contributed by atoms with E-state index in [0.29, 0.717) is 0 Å². The normalized spacial score (nSPS) is 11.6. The van der Waals surface area contributed by atoms with Crippen LogP contribution in [0.25, 0.3) is 0 Å². The molecule has 1 aromatic rings. The van der Waals surface area contributed by atoms with Crippen molar-refractivity contribution in [2.75, 3.05) is 13.7 Å². The Kier molecular flexibility index (Phi) is 7.40. The molecule has 0 fully saturated rings. The highest BCUT2D eigenvalue weighted by Gasteiger charge is 2.15. The zero-order valence-electron chi connectivity index (χ0n) is 11.9. The van der Waals surface area contributed by atoms with Gasteiger partial charge in [-0.3, -0.25) is 0 Å². The second-order valence-electron chi connectivity index (χ2n) is 4.36. The summed E-state index contributed by atoms with van der Waals surface area (Å²) in [6.45, 7) is 5.00. The second-order valence-corrected chi connectivity index (χ2v) is 4.79. The van der Waals surface area contributed by atoms with Crippen LogP contribution < -0.4 is 10.1 Å². The van der Waals surface area contributed by atoms with E-state index in [1.807, 2.05) is 25.1 Å². The Labute approximate surface area is 121 Å². The van der Waals surface area contributed by atoms with Gasteiger partial charge in [0.2, 0.25) is 0 Å². The molecule has 0 spiro atoms. The van der Waals surface area contributed by atoms with Gasteiger partial charge in [0, 0.05) is 23.0 Å². The number of methoxy groups -OCH3 is 1. The lowest BCUT2D eigenvalue weighted by atomic mass is 10.0. The Hall–Kier alpha value is -1.17. The summed E-state index contributed by atoms with van der Waals surface area (Å²) in [7, 11) is 1.69. The van der Waals surface area contributed by atoms with E-state index in [4.69, 9.17) is 16.3 Å². The second kappa shape index (κ2) is 8.85. The van der Waals surface area contributed by atoms with E-state index < -0.39 is 0 Å².